The standard InChI is InChI=1S/C21H25BrN4O5S2/c1-11-7-8-14(13(9-11)18(29)12-5-3-4-6-12)24-15(27)10-16(28)25-21-26-17(19(22)32-21)20(23)33(2,30)31/h7-9,12,20H,3-6,10,23H2,1-2H3,(H,24,27)(H,25,26,28). The predicted octanol–water partition coefficient (Wildman–Crippen LogP) is 3.56. The molecule has 1 atom stereocenters. The molecule has 9 nitrogen and oxygen atoms in total. The molecule has 2 aromatic rings. The summed E-state index contributed by atoms with van der Waals surface area (Å²) in [6.07, 6.45) is 4.22. The zero-order valence-corrected chi connectivity index (χ0v) is 21.4. The van der Waals surface area contributed by atoms with Crippen LogP contribution in [0.4, 0.5) is 10.8 Å². The summed E-state index contributed by atoms with van der Waals surface area (Å²) in [6.45, 7) is 1.88. The topological polar surface area (TPSA) is 148 Å². The van der Waals surface area contributed by atoms with Gasteiger partial charge in [0.05, 0.1) is 9.47 Å². The smallest absolute Gasteiger partial charge is 0.235 e. The molecule has 178 valence electrons. The highest BCUT2D eigenvalue weighted by Gasteiger charge is 2.27. The molecular weight excluding hydrogens is 532 g/mol. The minimum Gasteiger partial charge on any atom is -0.325 e. The summed E-state index contributed by atoms with van der Waals surface area (Å²) in [5.74, 6) is -1.25. The number of amides is 2. The Hall–Kier alpha value is -2.15. The number of carbonyl (C=O) groups is 3. The molecule has 0 saturated heterocycles. The molecule has 4 N–H and O–H groups in total. The van der Waals surface area contributed by atoms with Crippen LogP contribution >= 0.6 is 27.3 Å². The number of benzene rings is 1. The quantitative estimate of drug-likeness (QED) is 0.332. The van der Waals surface area contributed by atoms with Crippen molar-refractivity contribution in [3.63, 3.8) is 0 Å². The highest BCUT2D eigenvalue weighted by atomic mass is 79.9. The first-order chi connectivity index (χ1) is 15.5. The number of aromatic nitrogens is 1. The second-order valence-corrected chi connectivity index (χ2v) is 12.6. The van der Waals surface area contributed by atoms with E-state index in [4.69, 9.17) is 5.73 Å². The maximum Gasteiger partial charge on any atom is 0.235 e. The van der Waals surface area contributed by atoms with Crippen LogP contribution in [0.3, 0.4) is 0 Å². The number of anilines is 2. The number of hydrogen-bond acceptors (Lipinski definition) is 8. The van der Waals surface area contributed by atoms with Crippen molar-refractivity contribution in [3.05, 3.63) is 38.8 Å². The van der Waals surface area contributed by atoms with Crippen molar-refractivity contribution in [2.75, 3.05) is 16.9 Å². The summed E-state index contributed by atoms with van der Waals surface area (Å²) in [4.78, 5) is 41.8. The Labute approximate surface area is 204 Å². The molecular formula is C21H25BrN4O5S2. The van der Waals surface area contributed by atoms with E-state index in [1.807, 2.05) is 6.92 Å². The van der Waals surface area contributed by atoms with Crippen LogP contribution in [0, 0.1) is 12.8 Å². The fourth-order valence-electron chi connectivity index (χ4n) is 3.63. The summed E-state index contributed by atoms with van der Waals surface area (Å²) in [5, 5.41) is 3.92. The SMILES string of the molecule is Cc1ccc(NC(=O)CC(=O)Nc2nc(C(N)S(C)(=O)=O)c(Br)s2)c(C(=O)C2CCCC2)c1. The van der Waals surface area contributed by atoms with E-state index in [-0.39, 0.29) is 22.5 Å². The average Bonchev–Trinajstić information content (AvgIpc) is 3.37. The fraction of sp³-hybridized carbons (Fsp3) is 0.429. The number of thiazole rings is 1. The molecule has 1 aromatic heterocycles. The number of nitrogens with zero attached hydrogens (tertiary/aromatic N) is 1. The summed E-state index contributed by atoms with van der Waals surface area (Å²) in [6, 6.07) is 5.22. The Morgan fingerprint density at radius 3 is 2.48 bits per heavy atom. The molecule has 1 fully saturated rings. The number of rotatable bonds is 8. The molecule has 1 heterocycles. The molecule has 0 spiro atoms. The zero-order valence-electron chi connectivity index (χ0n) is 18.2. The Balaban J connectivity index is 1.66. The maximum absolute atomic E-state index is 12.9. The van der Waals surface area contributed by atoms with Gasteiger partial charge in [-0.25, -0.2) is 13.4 Å². The highest BCUT2D eigenvalue weighted by Crippen LogP contribution is 2.33. The molecule has 1 saturated carbocycles. The third-order valence-corrected chi connectivity index (χ3v) is 8.16. The van der Waals surface area contributed by atoms with E-state index in [0.29, 0.717) is 15.0 Å². The molecule has 0 radical (unpaired) electrons. The summed E-state index contributed by atoms with van der Waals surface area (Å²) in [7, 11) is -3.58. The van der Waals surface area contributed by atoms with Crippen molar-refractivity contribution in [2.24, 2.45) is 11.7 Å². The number of nitrogens with one attached hydrogen (secondary N) is 2. The Morgan fingerprint density at radius 2 is 1.85 bits per heavy atom. The van der Waals surface area contributed by atoms with Crippen LogP contribution in [-0.2, 0) is 19.4 Å². The van der Waals surface area contributed by atoms with Crippen LogP contribution in [0.15, 0.2) is 22.0 Å². The Morgan fingerprint density at radius 1 is 1.21 bits per heavy atom. The van der Waals surface area contributed by atoms with Crippen LogP contribution < -0.4 is 16.4 Å². The van der Waals surface area contributed by atoms with Crippen molar-refractivity contribution >= 4 is 65.5 Å². The summed E-state index contributed by atoms with van der Waals surface area (Å²) in [5.41, 5.74) is 7.53. The van der Waals surface area contributed by atoms with E-state index >= 15 is 0 Å². The van der Waals surface area contributed by atoms with Crippen LogP contribution in [0.5, 0.6) is 0 Å². The van der Waals surface area contributed by atoms with Crippen LogP contribution in [-0.4, -0.2) is 37.3 Å². The molecule has 0 aliphatic heterocycles. The predicted molar refractivity (Wildman–Crippen MR) is 131 cm³/mol. The van der Waals surface area contributed by atoms with Gasteiger partial charge >= 0.3 is 0 Å². The zero-order chi connectivity index (χ0) is 24.3. The number of nitrogens with two attached hydrogens (primary N) is 1. The molecule has 12 heteroatoms. The lowest BCUT2D eigenvalue weighted by atomic mass is 9.94. The summed E-state index contributed by atoms with van der Waals surface area (Å²) < 4.78 is 23.7. The van der Waals surface area contributed by atoms with Gasteiger partial charge in [0, 0.05) is 17.7 Å². The van der Waals surface area contributed by atoms with Crippen LogP contribution in [0.2, 0.25) is 0 Å². The fourth-order valence-corrected chi connectivity index (χ4v) is 5.98. The van der Waals surface area contributed by atoms with Gasteiger partial charge in [0.2, 0.25) is 11.8 Å². The van der Waals surface area contributed by atoms with Crippen molar-refractivity contribution < 1.29 is 22.8 Å². The van der Waals surface area contributed by atoms with Gasteiger partial charge in [0.25, 0.3) is 0 Å². The van der Waals surface area contributed by atoms with E-state index in [9.17, 15) is 22.8 Å². The molecule has 2 amide bonds. The number of hydrogen-bond donors (Lipinski definition) is 3. The van der Waals surface area contributed by atoms with Crippen molar-refractivity contribution in [2.45, 2.75) is 44.4 Å². The number of carbonyl (C=O) groups excluding carboxylic acids is 3. The third kappa shape index (κ3) is 6.46. The molecule has 3 rings (SSSR count). The van der Waals surface area contributed by atoms with Gasteiger partial charge in [-0.15, -0.1) is 0 Å². The largest absolute Gasteiger partial charge is 0.325 e. The van der Waals surface area contributed by atoms with Gasteiger partial charge in [-0.2, -0.15) is 0 Å². The van der Waals surface area contributed by atoms with Gasteiger partial charge < -0.3 is 16.4 Å². The highest BCUT2D eigenvalue weighted by molar-refractivity contribution is 9.11. The van der Waals surface area contributed by atoms with E-state index in [0.717, 1.165) is 48.8 Å². The van der Waals surface area contributed by atoms with Crippen molar-refractivity contribution in [1.82, 2.24) is 4.98 Å². The monoisotopic (exact) mass is 556 g/mol. The van der Waals surface area contributed by atoms with Crippen LogP contribution in [0.25, 0.3) is 0 Å². The van der Waals surface area contributed by atoms with Gasteiger partial charge in [0.1, 0.15) is 12.1 Å². The second kappa shape index (κ2) is 10.4. The minimum atomic E-state index is -3.58. The van der Waals surface area contributed by atoms with Crippen LogP contribution in [0.1, 0.15) is 59.1 Å². The van der Waals surface area contributed by atoms with E-state index in [2.05, 4.69) is 31.5 Å². The third-order valence-electron chi connectivity index (χ3n) is 5.35. The van der Waals surface area contributed by atoms with Gasteiger partial charge in [-0.3, -0.25) is 14.4 Å². The lowest BCUT2D eigenvalue weighted by molar-refractivity contribution is -0.123. The average molecular weight is 557 g/mol. The van der Waals surface area contributed by atoms with Gasteiger partial charge in [0.15, 0.2) is 26.1 Å². The Kier molecular flexibility index (Phi) is 8.04. The van der Waals surface area contributed by atoms with E-state index < -0.39 is 33.4 Å². The maximum atomic E-state index is 12.9. The number of Topliss-reactive ketones (excluding diaryl/α,β-unsaturated/α-hetero) is 1. The van der Waals surface area contributed by atoms with E-state index in [1.165, 1.54) is 0 Å². The molecule has 33 heavy (non-hydrogen) atoms. The molecule has 1 aliphatic carbocycles. The van der Waals surface area contributed by atoms with Crippen molar-refractivity contribution in [3.8, 4) is 0 Å². The number of aryl methyl sites for hydroxylation is 1. The number of ketones is 1. The normalized spacial score (nSPS) is 15.3. The first-order valence-electron chi connectivity index (χ1n) is 10.3. The van der Waals surface area contributed by atoms with E-state index in [1.54, 1.807) is 18.2 Å². The van der Waals surface area contributed by atoms with Gasteiger partial charge in [-0.1, -0.05) is 35.8 Å². The van der Waals surface area contributed by atoms with Gasteiger partial charge in [-0.05, 0) is 47.8 Å². The number of sulfone groups is 1. The lowest BCUT2D eigenvalue weighted by Gasteiger charge is -2.14. The second-order valence-electron chi connectivity index (χ2n) is 8.10. The number of halogens is 1. The first-order valence-corrected chi connectivity index (χ1v) is 13.9. The molecule has 1 aliphatic rings. The first kappa shape index (κ1) is 25.5. The summed E-state index contributed by atoms with van der Waals surface area (Å²) >= 11 is 4.19. The minimum absolute atomic E-state index is 0.0123. The molecule has 1 unspecified atom stereocenters. The van der Waals surface area contributed by atoms with Crippen molar-refractivity contribution in [1.29, 1.82) is 0 Å². The molecule has 0 bridgehead atoms. The molecule has 1 aromatic carbocycles. The lowest BCUT2D eigenvalue weighted by Crippen LogP contribution is -2.23. The Bertz CT molecular complexity index is 1190.